The number of hydrogen-bond acceptors (Lipinski definition) is 3. The molecule has 0 heterocycles. The third-order valence-electron chi connectivity index (χ3n) is 3.82. The quantitative estimate of drug-likeness (QED) is 0.783. The molecule has 0 amide bonds. The Bertz CT molecular complexity index is 601. The number of para-hydroxylation sites is 1. The normalized spacial score (nSPS) is 13.6. The summed E-state index contributed by atoms with van der Waals surface area (Å²) in [6.07, 6.45) is 0.320. The zero-order chi connectivity index (χ0) is 16.7. The first-order valence-electron chi connectivity index (χ1n) is 7.97. The second kappa shape index (κ2) is 8.65. The van der Waals surface area contributed by atoms with E-state index in [2.05, 4.69) is 36.5 Å². The molecule has 124 valence electrons. The van der Waals surface area contributed by atoms with Crippen molar-refractivity contribution in [3.05, 3.63) is 65.5 Å². The molecule has 0 spiro atoms. The Morgan fingerprint density at radius 1 is 1.13 bits per heavy atom. The molecule has 4 heteroatoms. The Balaban J connectivity index is 1.77. The monoisotopic (exact) mass is 317 g/mol. The number of hydrogen-bond donors (Lipinski definition) is 2. The Hall–Kier alpha value is -1.91. The van der Waals surface area contributed by atoms with Crippen molar-refractivity contribution in [2.24, 2.45) is 0 Å². The lowest BCUT2D eigenvalue weighted by atomic mass is 10.0. The summed E-state index contributed by atoms with van der Waals surface area (Å²) in [4.78, 5) is 0. The highest BCUT2D eigenvalue weighted by molar-refractivity contribution is 5.25. The van der Waals surface area contributed by atoms with Crippen LogP contribution >= 0.6 is 0 Å². The second-order valence-corrected chi connectivity index (χ2v) is 5.62. The lowest BCUT2D eigenvalue weighted by Crippen LogP contribution is -2.33. The predicted octanol–water partition coefficient (Wildman–Crippen LogP) is 3.48. The van der Waals surface area contributed by atoms with E-state index in [4.69, 9.17) is 4.74 Å². The molecule has 0 radical (unpaired) electrons. The van der Waals surface area contributed by atoms with Crippen LogP contribution in [0.1, 0.15) is 31.0 Å². The summed E-state index contributed by atoms with van der Waals surface area (Å²) < 4.78 is 18.7. The molecule has 3 nitrogen and oxygen atoms in total. The van der Waals surface area contributed by atoms with Crippen LogP contribution in [0.4, 0.5) is 4.39 Å². The number of benzene rings is 2. The van der Waals surface area contributed by atoms with Gasteiger partial charge in [-0.05, 0) is 36.6 Å². The summed E-state index contributed by atoms with van der Waals surface area (Å²) >= 11 is 0. The van der Waals surface area contributed by atoms with Gasteiger partial charge in [0.05, 0.1) is 0 Å². The average Bonchev–Trinajstić information content (AvgIpc) is 2.59. The first-order valence-corrected chi connectivity index (χ1v) is 7.97. The van der Waals surface area contributed by atoms with Gasteiger partial charge in [0, 0.05) is 12.6 Å². The maximum atomic E-state index is 13.4. The molecular weight excluding hydrogens is 293 g/mol. The lowest BCUT2D eigenvalue weighted by Gasteiger charge is -2.18. The second-order valence-electron chi connectivity index (χ2n) is 5.62. The maximum Gasteiger partial charge on any atom is 0.165 e. The number of halogens is 1. The molecule has 0 bridgehead atoms. The summed E-state index contributed by atoms with van der Waals surface area (Å²) in [5, 5.41) is 13.2. The van der Waals surface area contributed by atoms with Crippen molar-refractivity contribution >= 4 is 0 Å². The fourth-order valence-corrected chi connectivity index (χ4v) is 2.28. The van der Waals surface area contributed by atoms with Gasteiger partial charge in [0.25, 0.3) is 0 Å². The van der Waals surface area contributed by atoms with Gasteiger partial charge in [0.1, 0.15) is 12.7 Å². The fourth-order valence-electron chi connectivity index (χ4n) is 2.28. The Morgan fingerprint density at radius 2 is 1.83 bits per heavy atom. The van der Waals surface area contributed by atoms with Crippen LogP contribution in [0.3, 0.4) is 0 Å². The molecule has 2 unspecified atom stereocenters. The van der Waals surface area contributed by atoms with E-state index in [1.54, 1.807) is 18.2 Å². The van der Waals surface area contributed by atoms with Gasteiger partial charge in [-0.15, -0.1) is 0 Å². The molecule has 2 aromatic rings. The molecule has 0 aliphatic carbocycles. The van der Waals surface area contributed by atoms with E-state index < -0.39 is 11.9 Å². The van der Waals surface area contributed by atoms with Crippen LogP contribution in [0.15, 0.2) is 48.5 Å². The van der Waals surface area contributed by atoms with Crippen molar-refractivity contribution in [2.75, 3.05) is 13.2 Å². The number of nitrogens with one attached hydrogen (secondary N) is 1. The predicted molar refractivity (Wildman–Crippen MR) is 90.1 cm³/mol. The van der Waals surface area contributed by atoms with Crippen LogP contribution in [0.2, 0.25) is 0 Å². The Labute approximate surface area is 137 Å². The van der Waals surface area contributed by atoms with Gasteiger partial charge in [-0.1, -0.05) is 43.3 Å². The van der Waals surface area contributed by atoms with Gasteiger partial charge in [0.2, 0.25) is 0 Å². The molecular formula is C19H24FNO2. The van der Waals surface area contributed by atoms with Crippen LogP contribution in [0, 0.1) is 5.82 Å². The molecule has 2 aromatic carbocycles. The smallest absolute Gasteiger partial charge is 0.165 e. The van der Waals surface area contributed by atoms with Gasteiger partial charge in [-0.2, -0.15) is 0 Å². The maximum absolute atomic E-state index is 13.4. The van der Waals surface area contributed by atoms with E-state index in [0.717, 1.165) is 6.42 Å². The minimum Gasteiger partial charge on any atom is -0.488 e. The molecule has 0 aliphatic heterocycles. The molecule has 2 rings (SSSR count). The number of ether oxygens (including phenoxy) is 1. The van der Waals surface area contributed by atoms with E-state index in [1.165, 1.54) is 17.2 Å². The van der Waals surface area contributed by atoms with E-state index in [-0.39, 0.29) is 18.4 Å². The highest BCUT2D eigenvalue weighted by Gasteiger charge is 2.10. The summed E-state index contributed by atoms with van der Waals surface area (Å²) in [5.41, 5.74) is 2.48. The highest BCUT2D eigenvalue weighted by Crippen LogP contribution is 2.16. The van der Waals surface area contributed by atoms with Gasteiger partial charge in [-0.25, -0.2) is 4.39 Å². The molecule has 23 heavy (non-hydrogen) atoms. The van der Waals surface area contributed by atoms with Crippen LogP contribution in [-0.4, -0.2) is 24.4 Å². The Morgan fingerprint density at radius 3 is 2.48 bits per heavy atom. The zero-order valence-corrected chi connectivity index (χ0v) is 13.6. The molecule has 0 fully saturated rings. The number of aryl methyl sites for hydroxylation is 1. The first-order chi connectivity index (χ1) is 11.1. The average molecular weight is 317 g/mol. The topological polar surface area (TPSA) is 41.5 Å². The number of aliphatic hydroxyl groups is 1. The minimum atomic E-state index is -0.702. The molecule has 2 atom stereocenters. The van der Waals surface area contributed by atoms with Gasteiger partial charge < -0.3 is 15.2 Å². The summed E-state index contributed by atoms with van der Waals surface area (Å²) in [6.45, 7) is 4.61. The molecule has 2 N–H and O–H groups in total. The van der Waals surface area contributed by atoms with Crippen molar-refractivity contribution in [3.8, 4) is 5.75 Å². The Kier molecular flexibility index (Phi) is 6.56. The summed E-state index contributed by atoms with van der Waals surface area (Å²) in [5.74, 6) is -0.258. The summed E-state index contributed by atoms with van der Waals surface area (Å²) in [6, 6.07) is 14.7. The van der Waals surface area contributed by atoms with E-state index in [1.807, 2.05) is 6.92 Å². The largest absolute Gasteiger partial charge is 0.488 e. The van der Waals surface area contributed by atoms with Crippen LogP contribution in [0.5, 0.6) is 5.75 Å². The zero-order valence-electron chi connectivity index (χ0n) is 13.6. The van der Waals surface area contributed by atoms with Crippen molar-refractivity contribution in [1.82, 2.24) is 5.32 Å². The van der Waals surface area contributed by atoms with Crippen molar-refractivity contribution in [3.63, 3.8) is 0 Å². The molecule has 0 aromatic heterocycles. The fraction of sp³-hybridized carbons (Fsp3) is 0.368. The molecule has 0 saturated carbocycles. The van der Waals surface area contributed by atoms with E-state index in [9.17, 15) is 9.50 Å². The number of rotatable bonds is 8. The van der Waals surface area contributed by atoms with E-state index in [0.29, 0.717) is 6.54 Å². The minimum absolute atomic E-state index is 0.0510. The van der Waals surface area contributed by atoms with Crippen LogP contribution in [0.25, 0.3) is 0 Å². The third-order valence-corrected chi connectivity index (χ3v) is 3.82. The molecule has 0 saturated heterocycles. The van der Waals surface area contributed by atoms with Crippen LogP contribution in [-0.2, 0) is 6.42 Å². The SMILES string of the molecule is CCc1ccc(C(C)NCC(O)COc2ccccc2F)cc1. The standard InChI is InChI=1S/C19H24FNO2/c1-3-15-8-10-16(11-9-15)14(2)21-12-17(22)13-23-19-7-5-4-6-18(19)20/h4-11,14,17,21-22H,3,12-13H2,1-2H3. The first kappa shape index (κ1) is 17.4. The highest BCUT2D eigenvalue weighted by atomic mass is 19.1. The van der Waals surface area contributed by atoms with Crippen molar-refractivity contribution in [1.29, 1.82) is 0 Å². The van der Waals surface area contributed by atoms with Crippen LogP contribution < -0.4 is 10.1 Å². The molecule has 0 aliphatic rings. The summed E-state index contributed by atoms with van der Waals surface area (Å²) in [7, 11) is 0. The van der Waals surface area contributed by atoms with Crippen molar-refractivity contribution < 1.29 is 14.2 Å². The van der Waals surface area contributed by atoms with Crippen molar-refractivity contribution in [2.45, 2.75) is 32.4 Å². The van der Waals surface area contributed by atoms with E-state index >= 15 is 0 Å². The third kappa shape index (κ3) is 5.34. The lowest BCUT2D eigenvalue weighted by molar-refractivity contribution is 0.102. The van der Waals surface area contributed by atoms with Gasteiger partial charge >= 0.3 is 0 Å². The number of aliphatic hydroxyl groups excluding tert-OH is 1. The van der Waals surface area contributed by atoms with Gasteiger partial charge in [-0.3, -0.25) is 0 Å². The van der Waals surface area contributed by atoms with Gasteiger partial charge in [0.15, 0.2) is 11.6 Å².